The van der Waals surface area contributed by atoms with Crippen LogP contribution in [-0.2, 0) is 17.3 Å². The zero-order valence-corrected chi connectivity index (χ0v) is 22.7. The van der Waals surface area contributed by atoms with Crippen LogP contribution in [0.4, 0.5) is 0 Å². The van der Waals surface area contributed by atoms with Crippen LogP contribution in [-0.4, -0.2) is 19.9 Å². The summed E-state index contributed by atoms with van der Waals surface area (Å²) in [6.07, 6.45) is 1.76. The summed E-state index contributed by atoms with van der Waals surface area (Å²) in [7, 11) is -2.54. The number of pyridine rings is 1. The predicted molar refractivity (Wildman–Crippen MR) is 151 cm³/mol. The van der Waals surface area contributed by atoms with Crippen LogP contribution in [0.2, 0.25) is 5.04 Å². The quantitative estimate of drug-likeness (QED) is 0.261. The third-order valence-corrected chi connectivity index (χ3v) is 11.9. The maximum Gasteiger partial charge on any atom is 0.261 e. The monoisotopic (exact) mass is 479 g/mol. The van der Waals surface area contributed by atoms with Gasteiger partial charge in [0.2, 0.25) is 0 Å². The van der Waals surface area contributed by atoms with Crippen LogP contribution in [0.5, 0.6) is 0 Å². The van der Waals surface area contributed by atoms with Gasteiger partial charge in [-0.2, -0.15) is 0 Å². The molecule has 1 aromatic heterocycles. The van der Waals surface area contributed by atoms with Gasteiger partial charge < -0.3 is 4.43 Å². The summed E-state index contributed by atoms with van der Waals surface area (Å²) in [5.41, 5.74) is 6.02. The van der Waals surface area contributed by atoms with Crippen molar-refractivity contribution in [3.63, 3.8) is 0 Å². The molecular formula is C32H37NOSi. The minimum absolute atomic E-state index is 0.0275. The number of rotatable bonds is 8. The zero-order chi connectivity index (χ0) is 24.9. The minimum Gasteiger partial charge on any atom is -0.407 e. The van der Waals surface area contributed by atoms with Gasteiger partial charge in [-0.1, -0.05) is 119 Å². The average molecular weight is 480 g/mol. The van der Waals surface area contributed by atoms with Crippen LogP contribution in [0, 0.1) is 6.92 Å². The highest BCUT2D eigenvalue weighted by Gasteiger charge is 2.49. The van der Waals surface area contributed by atoms with Gasteiger partial charge in [0, 0.05) is 24.3 Å². The van der Waals surface area contributed by atoms with Crippen molar-refractivity contribution in [1.82, 2.24) is 4.98 Å². The standard InChI is InChI=1S/C32H37NOSi/c1-6-30-25(2)24-27(33-31(30)26-16-10-7-11-17-26)22-23-34-35(32(3,4)5,28-18-12-8-13-19-28)29-20-14-9-15-21-29/h7-21,24H,6,22-23H2,1-5H3. The fraction of sp³-hybridized carbons (Fsp3) is 0.281. The molecule has 0 aliphatic rings. The second-order valence-corrected chi connectivity index (χ2v) is 14.5. The molecule has 0 unspecified atom stereocenters. The molecule has 0 aliphatic heterocycles. The average Bonchev–Trinajstić information content (AvgIpc) is 2.87. The molecule has 35 heavy (non-hydrogen) atoms. The van der Waals surface area contributed by atoms with E-state index in [-0.39, 0.29) is 5.04 Å². The Morgan fingerprint density at radius 3 is 1.77 bits per heavy atom. The predicted octanol–water partition coefficient (Wildman–Crippen LogP) is 6.74. The number of nitrogens with zero attached hydrogens (tertiary/aromatic N) is 1. The van der Waals surface area contributed by atoms with Gasteiger partial charge in [-0.15, -0.1) is 0 Å². The lowest BCUT2D eigenvalue weighted by Gasteiger charge is -2.43. The van der Waals surface area contributed by atoms with Crippen LogP contribution in [0.1, 0.15) is 44.5 Å². The van der Waals surface area contributed by atoms with Gasteiger partial charge in [-0.3, -0.25) is 4.98 Å². The first-order valence-electron chi connectivity index (χ1n) is 12.7. The number of aryl methyl sites for hydroxylation is 1. The number of hydrogen-bond donors (Lipinski definition) is 0. The molecule has 180 valence electrons. The van der Waals surface area contributed by atoms with Gasteiger partial charge in [0.05, 0.1) is 5.69 Å². The smallest absolute Gasteiger partial charge is 0.261 e. The lowest BCUT2D eigenvalue weighted by molar-refractivity contribution is 0.300. The van der Waals surface area contributed by atoms with Crippen LogP contribution < -0.4 is 10.4 Å². The van der Waals surface area contributed by atoms with E-state index in [1.54, 1.807) is 0 Å². The van der Waals surface area contributed by atoms with E-state index in [0.717, 1.165) is 24.2 Å². The van der Waals surface area contributed by atoms with Crippen molar-refractivity contribution in [2.75, 3.05) is 6.61 Å². The van der Waals surface area contributed by atoms with Gasteiger partial charge in [0.25, 0.3) is 8.32 Å². The van der Waals surface area contributed by atoms with E-state index in [2.05, 4.69) is 132 Å². The summed E-state index contributed by atoms with van der Waals surface area (Å²) >= 11 is 0. The van der Waals surface area contributed by atoms with Crippen molar-refractivity contribution in [3.05, 3.63) is 114 Å². The van der Waals surface area contributed by atoms with E-state index < -0.39 is 8.32 Å². The minimum atomic E-state index is -2.54. The van der Waals surface area contributed by atoms with Crippen molar-refractivity contribution >= 4 is 18.7 Å². The van der Waals surface area contributed by atoms with Crippen LogP contribution in [0.15, 0.2) is 97.1 Å². The van der Waals surface area contributed by atoms with Crippen LogP contribution >= 0.6 is 0 Å². The van der Waals surface area contributed by atoms with Crippen molar-refractivity contribution in [3.8, 4) is 11.3 Å². The molecule has 0 saturated heterocycles. The Hall–Kier alpha value is -3.01. The van der Waals surface area contributed by atoms with Gasteiger partial charge in [-0.05, 0) is 45.9 Å². The van der Waals surface area contributed by atoms with Gasteiger partial charge >= 0.3 is 0 Å². The van der Waals surface area contributed by atoms with Gasteiger partial charge in [-0.25, -0.2) is 0 Å². The van der Waals surface area contributed by atoms with E-state index in [0.29, 0.717) is 6.61 Å². The molecule has 0 spiro atoms. The Kier molecular flexibility index (Phi) is 7.68. The molecule has 0 atom stereocenters. The number of hydrogen-bond acceptors (Lipinski definition) is 2. The topological polar surface area (TPSA) is 22.1 Å². The maximum atomic E-state index is 7.11. The van der Waals surface area contributed by atoms with E-state index in [4.69, 9.17) is 9.41 Å². The number of benzene rings is 3. The fourth-order valence-corrected chi connectivity index (χ4v) is 9.81. The molecule has 0 fully saturated rings. The summed E-state index contributed by atoms with van der Waals surface area (Å²) in [5, 5.41) is 2.60. The molecule has 2 nitrogen and oxygen atoms in total. The lowest BCUT2D eigenvalue weighted by atomic mass is 9.98. The molecule has 0 aliphatic carbocycles. The summed E-state index contributed by atoms with van der Waals surface area (Å²) < 4.78 is 7.11. The number of aromatic nitrogens is 1. The highest BCUT2D eigenvalue weighted by molar-refractivity contribution is 6.99. The molecule has 4 rings (SSSR count). The van der Waals surface area contributed by atoms with E-state index in [1.165, 1.54) is 27.1 Å². The Balaban J connectivity index is 1.69. The Morgan fingerprint density at radius 2 is 1.29 bits per heavy atom. The molecule has 0 bridgehead atoms. The summed E-state index contributed by atoms with van der Waals surface area (Å²) in [6.45, 7) is 12.0. The van der Waals surface area contributed by atoms with E-state index >= 15 is 0 Å². The van der Waals surface area contributed by atoms with Gasteiger partial charge in [0.15, 0.2) is 0 Å². The van der Waals surface area contributed by atoms with Crippen LogP contribution in [0.3, 0.4) is 0 Å². The molecule has 1 heterocycles. The largest absolute Gasteiger partial charge is 0.407 e. The lowest BCUT2D eigenvalue weighted by Crippen LogP contribution is -2.66. The van der Waals surface area contributed by atoms with Crippen molar-refractivity contribution < 1.29 is 4.43 Å². The zero-order valence-electron chi connectivity index (χ0n) is 21.7. The third kappa shape index (κ3) is 5.17. The van der Waals surface area contributed by atoms with E-state index in [9.17, 15) is 0 Å². The first-order valence-corrected chi connectivity index (χ1v) is 14.6. The molecule has 3 heteroatoms. The van der Waals surface area contributed by atoms with Crippen molar-refractivity contribution in [1.29, 1.82) is 0 Å². The maximum absolute atomic E-state index is 7.11. The molecule has 0 radical (unpaired) electrons. The van der Waals surface area contributed by atoms with Crippen LogP contribution in [0.25, 0.3) is 11.3 Å². The SMILES string of the molecule is CCc1c(C)cc(CCO[Si](c2ccccc2)(c2ccccc2)C(C)(C)C)nc1-c1ccccc1. The molecule has 0 amide bonds. The highest BCUT2D eigenvalue weighted by Crippen LogP contribution is 2.37. The first kappa shape index (κ1) is 25.1. The Bertz CT molecular complexity index is 1190. The Labute approximate surface area is 212 Å². The summed E-state index contributed by atoms with van der Waals surface area (Å²) in [6, 6.07) is 34.5. The molecule has 0 N–H and O–H groups in total. The second kappa shape index (κ2) is 10.7. The van der Waals surface area contributed by atoms with E-state index in [1.807, 2.05) is 0 Å². The summed E-state index contributed by atoms with van der Waals surface area (Å²) in [4.78, 5) is 5.14. The first-order chi connectivity index (χ1) is 16.9. The summed E-state index contributed by atoms with van der Waals surface area (Å²) in [5.74, 6) is 0. The van der Waals surface area contributed by atoms with Crippen molar-refractivity contribution in [2.24, 2.45) is 0 Å². The third-order valence-electron chi connectivity index (χ3n) is 6.89. The van der Waals surface area contributed by atoms with Gasteiger partial charge in [0.1, 0.15) is 0 Å². The second-order valence-electron chi connectivity index (χ2n) is 10.2. The molecule has 4 aromatic rings. The highest BCUT2D eigenvalue weighted by atomic mass is 28.4. The normalized spacial score (nSPS) is 12.0. The molecular weight excluding hydrogens is 442 g/mol. The molecule has 3 aromatic carbocycles. The van der Waals surface area contributed by atoms with Crippen molar-refractivity contribution in [2.45, 2.75) is 52.5 Å². The Morgan fingerprint density at radius 1 is 0.771 bits per heavy atom. The fourth-order valence-electron chi connectivity index (χ4n) is 5.25. The molecule has 0 saturated carbocycles.